The molecule has 0 bridgehead atoms. The first-order valence-corrected chi connectivity index (χ1v) is 8.36. The Morgan fingerprint density at radius 2 is 2.08 bits per heavy atom. The highest BCUT2D eigenvalue weighted by atomic mass is 16.5. The molecular weight excluding hydrogens is 318 g/mol. The number of carbonyl (C=O) groups excluding carboxylic acids is 1. The Balaban J connectivity index is 1.66. The number of amides is 1. The summed E-state index contributed by atoms with van der Waals surface area (Å²) >= 11 is 0. The number of hydrogen-bond acceptors (Lipinski definition) is 4. The molecule has 2 aromatic carbocycles. The van der Waals surface area contributed by atoms with E-state index in [1.165, 1.54) is 18.2 Å². The maximum Gasteiger partial charge on any atom is 0.250 e. The lowest BCUT2D eigenvalue weighted by Crippen LogP contribution is -2.23. The van der Waals surface area contributed by atoms with Gasteiger partial charge in [-0.25, -0.2) is 0 Å². The van der Waals surface area contributed by atoms with E-state index in [9.17, 15) is 4.79 Å². The minimum Gasteiger partial charge on any atom is -0.493 e. The number of hydrogen-bond donors (Lipinski definition) is 1. The normalized spacial score (nSPS) is 15.8. The van der Waals surface area contributed by atoms with Crippen molar-refractivity contribution in [3.63, 3.8) is 0 Å². The van der Waals surface area contributed by atoms with Gasteiger partial charge in [0.25, 0.3) is 0 Å². The van der Waals surface area contributed by atoms with Crippen LogP contribution in [0.5, 0.6) is 11.5 Å². The Bertz CT molecular complexity index is 744. The summed E-state index contributed by atoms with van der Waals surface area (Å²) in [5, 5.41) is 2.84. The van der Waals surface area contributed by atoms with Gasteiger partial charge in [-0.05, 0) is 42.2 Å². The molecule has 1 unspecified atom stereocenters. The molecule has 0 saturated carbocycles. The fourth-order valence-electron chi connectivity index (χ4n) is 3.19. The molecule has 0 aliphatic carbocycles. The average molecular weight is 341 g/mol. The second kappa shape index (κ2) is 8.03. The highest BCUT2D eigenvalue weighted by Crippen LogP contribution is 2.36. The van der Waals surface area contributed by atoms with Crippen LogP contribution in [0.4, 0.5) is 5.69 Å². The number of anilines is 1. The molecule has 1 aliphatic rings. The van der Waals surface area contributed by atoms with Crippen molar-refractivity contribution in [3.05, 3.63) is 53.6 Å². The number of carbonyl (C=O) groups is 1. The molecular formula is C20H23NO4. The van der Waals surface area contributed by atoms with Crippen molar-refractivity contribution in [1.29, 1.82) is 0 Å². The highest BCUT2D eigenvalue weighted by molar-refractivity contribution is 5.91. The fourth-order valence-corrected chi connectivity index (χ4v) is 3.19. The molecule has 0 spiro atoms. The van der Waals surface area contributed by atoms with Crippen molar-refractivity contribution in [1.82, 2.24) is 0 Å². The molecule has 132 valence electrons. The molecule has 5 heteroatoms. The zero-order chi connectivity index (χ0) is 17.6. The molecule has 0 aromatic heterocycles. The molecule has 1 heterocycles. The standard InChI is InChI=1S/C20H23NO4/c1-23-13-19(22)21-17-7-3-5-14(11-17)9-15-10-16-6-4-8-18(24-2)20(16)25-12-15/h3-8,11,15H,9-10,12-13H2,1-2H3,(H,21,22). The second-order valence-electron chi connectivity index (χ2n) is 6.22. The molecule has 0 radical (unpaired) electrons. The summed E-state index contributed by atoms with van der Waals surface area (Å²) in [6.45, 7) is 0.715. The van der Waals surface area contributed by atoms with E-state index in [0.717, 1.165) is 30.0 Å². The molecule has 1 amide bonds. The monoisotopic (exact) mass is 341 g/mol. The minimum atomic E-state index is -0.151. The van der Waals surface area contributed by atoms with E-state index in [-0.39, 0.29) is 12.5 Å². The van der Waals surface area contributed by atoms with Gasteiger partial charge in [-0.2, -0.15) is 0 Å². The maximum atomic E-state index is 11.6. The first-order chi connectivity index (χ1) is 12.2. The van der Waals surface area contributed by atoms with Crippen LogP contribution in [-0.2, 0) is 22.4 Å². The quantitative estimate of drug-likeness (QED) is 0.877. The van der Waals surface area contributed by atoms with Gasteiger partial charge in [-0.3, -0.25) is 4.79 Å². The molecule has 5 nitrogen and oxygen atoms in total. The lowest BCUT2D eigenvalue weighted by atomic mass is 9.90. The first-order valence-electron chi connectivity index (χ1n) is 8.36. The topological polar surface area (TPSA) is 56.8 Å². The zero-order valence-electron chi connectivity index (χ0n) is 14.6. The van der Waals surface area contributed by atoms with Crippen molar-refractivity contribution in [2.45, 2.75) is 12.8 Å². The average Bonchev–Trinajstić information content (AvgIpc) is 2.61. The third-order valence-electron chi connectivity index (χ3n) is 4.26. The lowest BCUT2D eigenvalue weighted by molar-refractivity contribution is -0.119. The third-order valence-corrected chi connectivity index (χ3v) is 4.26. The summed E-state index contributed by atoms with van der Waals surface area (Å²) in [6.07, 6.45) is 1.84. The van der Waals surface area contributed by atoms with Gasteiger partial charge in [-0.1, -0.05) is 24.3 Å². The molecule has 2 aromatic rings. The molecule has 3 rings (SSSR count). The Hall–Kier alpha value is -2.53. The Labute approximate surface area is 147 Å². The van der Waals surface area contributed by atoms with Crippen LogP contribution in [-0.4, -0.2) is 33.3 Å². The molecule has 25 heavy (non-hydrogen) atoms. The van der Waals surface area contributed by atoms with Crippen molar-refractivity contribution in [3.8, 4) is 11.5 Å². The van der Waals surface area contributed by atoms with Gasteiger partial charge in [0.05, 0.1) is 13.7 Å². The number of ether oxygens (including phenoxy) is 3. The minimum absolute atomic E-state index is 0.0549. The number of benzene rings is 2. The molecule has 1 N–H and O–H groups in total. The van der Waals surface area contributed by atoms with Crippen LogP contribution in [0.25, 0.3) is 0 Å². The second-order valence-corrected chi connectivity index (χ2v) is 6.22. The Kier molecular flexibility index (Phi) is 5.56. The van der Waals surface area contributed by atoms with E-state index >= 15 is 0 Å². The first kappa shape index (κ1) is 17.3. The molecule has 1 aliphatic heterocycles. The number of rotatable bonds is 6. The number of para-hydroxylation sites is 1. The van der Waals surface area contributed by atoms with Gasteiger partial charge in [0.2, 0.25) is 5.91 Å². The molecule has 0 saturated heterocycles. The highest BCUT2D eigenvalue weighted by Gasteiger charge is 2.22. The van der Waals surface area contributed by atoms with Gasteiger partial charge in [0.15, 0.2) is 11.5 Å². The van der Waals surface area contributed by atoms with Gasteiger partial charge in [0, 0.05) is 18.7 Å². The summed E-state index contributed by atoms with van der Waals surface area (Å²) < 4.78 is 16.1. The third kappa shape index (κ3) is 4.31. The summed E-state index contributed by atoms with van der Waals surface area (Å²) in [5.74, 6) is 1.90. The van der Waals surface area contributed by atoms with Crippen molar-refractivity contribution >= 4 is 11.6 Å². The van der Waals surface area contributed by atoms with Gasteiger partial charge in [0.1, 0.15) is 6.61 Å². The zero-order valence-corrected chi connectivity index (χ0v) is 14.6. The van der Waals surface area contributed by atoms with E-state index < -0.39 is 0 Å². The largest absolute Gasteiger partial charge is 0.493 e. The van der Waals surface area contributed by atoms with Crippen LogP contribution in [0.3, 0.4) is 0 Å². The van der Waals surface area contributed by atoms with Crippen LogP contribution in [0, 0.1) is 5.92 Å². The Morgan fingerprint density at radius 3 is 2.88 bits per heavy atom. The van der Waals surface area contributed by atoms with E-state index in [4.69, 9.17) is 14.2 Å². The smallest absolute Gasteiger partial charge is 0.250 e. The van der Waals surface area contributed by atoms with Crippen molar-refractivity contribution in [2.24, 2.45) is 5.92 Å². The predicted octanol–water partition coefficient (Wildman–Crippen LogP) is 3.07. The van der Waals surface area contributed by atoms with E-state index in [1.807, 2.05) is 30.3 Å². The Morgan fingerprint density at radius 1 is 1.24 bits per heavy atom. The summed E-state index contributed by atoms with van der Waals surface area (Å²) in [5.41, 5.74) is 3.15. The molecule has 0 fully saturated rings. The van der Waals surface area contributed by atoms with E-state index in [0.29, 0.717) is 12.5 Å². The van der Waals surface area contributed by atoms with Crippen molar-refractivity contribution in [2.75, 3.05) is 32.8 Å². The van der Waals surface area contributed by atoms with Crippen LogP contribution in [0.15, 0.2) is 42.5 Å². The summed E-state index contributed by atoms with van der Waals surface area (Å²) in [7, 11) is 3.17. The lowest BCUT2D eigenvalue weighted by Gasteiger charge is -2.26. The van der Waals surface area contributed by atoms with Gasteiger partial charge in [-0.15, -0.1) is 0 Å². The van der Waals surface area contributed by atoms with Gasteiger partial charge >= 0.3 is 0 Å². The van der Waals surface area contributed by atoms with Crippen LogP contribution < -0.4 is 14.8 Å². The predicted molar refractivity (Wildman–Crippen MR) is 96.3 cm³/mol. The molecule has 1 atom stereocenters. The maximum absolute atomic E-state index is 11.6. The fraction of sp³-hybridized carbons (Fsp3) is 0.350. The van der Waals surface area contributed by atoms with Crippen LogP contribution in [0.2, 0.25) is 0 Å². The van der Waals surface area contributed by atoms with E-state index in [2.05, 4.69) is 17.4 Å². The number of methoxy groups -OCH3 is 2. The summed E-state index contributed by atoms with van der Waals surface area (Å²) in [4.78, 5) is 11.6. The van der Waals surface area contributed by atoms with Crippen molar-refractivity contribution < 1.29 is 19.0 Å². The number of nitrogens with one attached hydrogen (secondary N) is 1. The summed E-state index contributed by atoms with van der Waals surface area (Å²) in [6, 6.07) is 13.9. The van der Waals surface area contributed by atoms with E-state index in [1.54, 1.807) is 7.11 Å². The van der Waals surface area contributed by atoms with Crippen LogP contribution in [0.1, 0.15) is 11.1 Å². The SMILES string of the molecule is COCC(=O)Nc1cccc(CC2COc3c(cccc3OC)C2)c1. The van der Waals surface area contributed by atoms with Gasteiger partial charge < -0.3 is 19.5 Å². The number of fused-ring (bicyclic) bond motifs is 1. The van der Waals surface area contributed by atoms with Crippen LogP contribution >= 0.6 is 0 Å².